The lowest BCUT2D eigenvalue weighted by molar-refractivity contribution is -0.114. The van der Waals surface area contributed by atoms with Crippen molar-refractivity contribution in [1.82, 2.24) is 10.1 Å². The van der Waals surface area contributed by atoms with Crippen LogP contribution in [-0.2, 0) is 0 Å². The number of nitrogens with one attached hydrogen (secondary N) is 1. The molecule has 176 valence electrons. The van der Waals surface area contributed by atoms with E-state index in [1.54, 1.807) is 18.2 Å². The standard InChI is InChI=1S/C23H20Cl2N4O3S2/c1-23(2)20(29(32)21(31)27-14-8-9-17(24)18(25)11-14)28(22(33)34-23)26-12-16-15-6-4-3-5-13(15)7-10-19(16)30/h3-12,20,30,32H,1-2H3,(H,27,31)/b26-12-/t20-/m1/s1. The zero-order chi connectivity index (χ0) is 24.6. The van der Waals surface area contributed by atoms with Gasteiger partial charge in [-0.2, -0.15) is 10.2 Å². The largest absolute Gasteiger partial charge is 0.507 e. The van der Waals surface area contributed by atoms with Gasteiger partial charge in [-0.1, -0.05) is 77.5 Å². The summed E-state index contributed by atoms with van der Waals surface area (Å²) in [6, 6.07) is 14.8. The molecule has 0 aromatic heterocycles. The van der Waals surface area contributed by atoms with Crippen LogP contribution in [0.4, 0.5) is 10.5 Å². The molecule has 1 aliphatic heterocycles. The second-order valence-corrected chi connectivity index (χ2v) is 11.2. The number of thioether (sulfide) groups is 1. The van der Waals surface area contributed by atoms with Crippen LogP contribution in [0.5, 0.6) is 5.75 Å². The molecule has 3 aromatic carbocycles. The van der Waals surface area contributed by atoms with E-state index < -0.39 is 16.9 Å². The fraction of sp³-hybridized carbons (Fsp3) is 0.174. The molecule has 0 spiro atoms. The highest BCUT2D eigenvalue weighted by molar-refractivity contribution is 8.24. The Labute approximate surface area is 215 Å². The number of hydroxylamine groups is 2. The Hall–Kier alpha value is -2.56. The molecule has 11 heteroatoms. The van der Waals surface area contributed by atoms with E-state index >= 15 is 0 Å². The SMILES string of the molecule is CC1(C)SC(=S)N(/N=C\c2c(O)ccc3ccccc23)[C@@H]1N(O)C(=O)Nc1ccc(Cl)c(Cl)c1. The molecule has 4 rings (SSSR count). The van der Waals surface area contributed by atoms with E-state index in [4.69, 9.17) is 35.4 Å². The predicted octanol–water partition coefficient (Wildman–Crippen LogP) is 6.55. The van der Waals surface area contributed by atoms with Crippen LogP contribution in [0, 0.1) is 0 Å². The second kappa shape index (κ2) is 9.59. The number of rotatable bonds is 4. The van der Waals surface area contributed by atoms with Crippen LogP contribution in [0.15, 0.2) is 59.7 Å². The van der Waals surface area contributed by atoms with E-state index in [2.05, 4.69) is 10.4 Å². The number of carbonyl (C=O) groups is 1. The molecule has 3 N–H and O–H groups in total. The number of aromatic hydroxyl groups is 1. The van der Waals surface area contributed by atoms with Crippen LogP contribution >= 0.6 is 47.2 Å². The fourth-order valence-corrected chi connectivity index (χ4v) is 5.72. The number of carbonyl (C=O) groups excluding carboxylic acids is 1. The summed E-state index contributed by atoms with van der Waals surface area (Å²) >= 11 is 18.7. The van der Waals surface area contributed by atoms with Gasteiger partial charge in [-0.25, -0.2) is 9.80 Å². The molecule has 0 saturated carbocycles. The first-order valence-electron chi connectivity index (χ1n) is 10.1. The molecule has 1 heterocycles. The Morgan fingerprint density at radius 2 is 1.94 bits per heavy atom. The number of fused-ring (bicyclic) bond motifs is 1. The molecule has 1 aliphatic rings. The van der Waals surface area contributed by atoms with Crippen molar-refractivity contribution in [3.05, 3.63) is 70.2 Å². The smallest absolute Gasteiger partial charge is 0.347 e. The third-order valence-electron chi connectivity index (χ3n) is 5.26. The third-order valence-corrected chi connectivity index (χ3v) is 7.54. The third kappa shape index (κ3) is 4.80. The Bertz CT molecular complexity index is 1320. The van der Waals surface area contributed by atoms with Crippen molar-refractivity contribution in [2.24, 2.45) is 5.10 Å². The molecule has 0 radical (unpaired) electrons. The highest BCUT2D eigenvalue weighted by atomic mass is 35.5. The maximum atomic E-state index is 12.9. The molecule has 7 nitrogen and oxygen atoms in total. The lowest BCUT2D eigenvalue weighted by atomic mass is 10.0. The molecule has 34 heavy (non-hydrogen) atoms. The minimum atomic E-state index is -0.929. The molecule has 0 unspecified atom stereocenters. The predicted molar refractivity (Wildman–Crippen MR) is 142 cm³/mol. The molecule has 3 aromatic rings. The van der Waals surface area contributed by atoms with Gasteiger partial charge < -0.3 is 10.4 Å². The van der Waals surface area contributed by atoms with Gasteiger partial charge in [0.25, 0.3) is 0 Å². The van der Waals surface area contributed by atoms with Gasteiger partial charge in [0.05, 0.1) is 21.0 Å². The number of phenols is 1. The van der Waals surface area contributed by atoms with Crippen molar-refractivity contribution in [3.63, 3.8) is 0 Å². The van der Waals surface area contributed by atoms with Gasteiger partial charge in [0, 0.05) is 11.3 Å². The number of thiocarbonyl (C=S) groups is 1. The molecule has 0 bridgehead atoms. The number of halogens is 2. The van der Waals surface area contributed by atoms with Gasteiger partial charge in [-0.3, -0.25) is 5.21 Å². The first-order valence-corrected chi connectivity index (χ1v) is 12.1. The minimum Gasteiger partial charge on any atom is -0.507 e. The van der Waals surface area contributed by atoms with Crippen molar-refractivity contribution in [3.8, 4) is 5.75 Å². The average molecular weight is 535 g/mol. The number of nitrogens with zero attached hydrogens (tertiary/aromatic N) is 3. The summed E-state index contributed by atoms with van der Waals surface area (Å²) in [5.41, 5.74) is 0.860. The number of anilines is 1. The first-order chi connectivity index (χ1) is 16.1. The van der Waals surface area contributed by atoms with Gasteiger partial charge in [0.1, 0.15) is 5.75 Å². The molecule has 1 fully saturated rings. The van der Waals surface area contributed by atoms with Crippen molar-refractivity contribution < 1.29 is 15.1 Å². The van der Waals surface area contributed by atoms with Gasteiger partial charge >= 0.3 is 6.03 Å². The monoisotopic (exact) mass is 534 g/mol. The van der Waals surface area contributed by atoms with E-state index in [1.807, 2.05) is 44.2 Å². The van der Waals surface area contributed by atoms with Crippen LogP contribution in [0.3, 0.4) is 0 Å². The van der Waals surface area contributed by atoms with E-state index in [0.29, 0.717) is 25.7 Å². The summed E-state index contributed by atoms with van der Waals surface area (Å²) in [5.74, 6) is 0.0502. The van der Waals surface area contributed by atoms with Crippen molar-refractivity contribution >= 4 is 80.2 Å². The minimum absolute atomic E-state index is 0.0502. The number of phenolic OH excluding ortho intramolecular Hbond substituents is 1. The molecular weight excluding hydrogens is 515 g/mol. The Kier molecular flexibility index (Phi) is 6.93. The highest BCUT2D eigenvalue weighted by Crippen LogP contribution is 2.43. The highest BCUT2D eigenvalue weighted by Gasteiger charge is 2.50. The number of hydrogen-bond donors (Lipinski definition) is 3. The summed E-state index contributed by atoms with van der Waals surface area (Å²) in [5, 5.41) is 32.6. The molecule has 1 saturated heterocycles. The number of benzene rings is 3. The lowest BCUT2D eigenvalue weighted by Crippen LogP contribution is -2.54. The summed E-state index contributed by atoms with van der Waals surface area (Å²) < 4.78 is -0.328. The number of amides is 2. The summed E-state index contributed by atoms with van der Waals surface area (Å²) in [6.07, 6.45) is 0.546. The second-order valence-electron chi connectivity index (χ2n) is 8.06. The zero-order valence-electron chi connectivity index (χ0n) is 18.1. The summed E-state index contributed by atoms with van der Waals surface area (Å²) in [4.78, 5) is 12.9. The number of urea groups is 1. The Morgan fingerprint density at radius 3 is 2.68 bits per heavy atom. The quantitative estimate of drug-likeness (QED) is 0.152. The van der Waals surface area contributed by atoms with Gasteiger partial charge in [0.2, 0.25) is 0 Å². The van der Waals surface area contributed by atoms with Gasteiger partial charge in [-0.05, 0) is 48.9 Å². The number of hydrogen-bond acceptors (Lipinski definition) is 6. The maximum absolute atomic E-state index is 12.9. The average Bonchev–Trinajstić information content (AvgIpc) is 3.02. The van der Waals surface area contributed by atoms with Crippen LogP contribution in [-0.4, -0.2) is 47.9 Å². The van der Waals surface area contributed by atoms with E-state index in [0.717, 1.165) is 10.8 Å². The van der Waals surface area contributed by atoms with Crippen LogP contribution in [0.1, 0.15) is 19.4 Å². The van der Waals surface area contributed by atoms with Crippen molar-refractivity contribution in [2.45, 2.75) is 24.8 Å². The van der Waals surface area contributed by atoms with Crippen LogP contribution in [0.25, 0.3) is 10.8 Å². The molecular formula is C23H20Cl2N4O3S2. The topological polar surface area (TPSA) is 88.4 Å². The Balaban J connectivity index is 1.63. The van der Waals surface area contributed by atoms with Crippen LogP contribution in [0.2, 0.25) is 10.0 Å². The first kappa shape index (κ1) is 24.6. The van der Waals surface area contributed by atoms with Crippen molar-refractivity contribution in [1.29, 1.82) is 0 Å². The molecule has 0 aliphatic carbocycles. The zero-order valence-corrected chi connectivity index (χ0v) is 21.2. The van der Waals surface area contributed by atoms with Crippen LogP contribution < -0.4 is 5.32 Å². The van der Waals surface area contributed by atoms with Crippen molar-refractivity contribution in [2.75, 3.05) is 5.32 Å². The van der Waals surface area contributed by atoms with Gasteiger partial charge in [0.15, 0.2) is 10.5 Å². The fourth-order valence-electron chi connectivity index (χ4n) is 3.63. The maximum Gasteiger partial charge on any atom is 0.347 e. The summed E-state index contributed by atoms with van der Waals surface area (Å²) in [7, 11) is 0. The Morgan fingerprint density at radius 1 is 1.21 bits per heavy atom. The van der Waals surface area contributed by atoms with E-state index in [1.165, 1.54) is 29.1 Å². The van der Waals surface area contributed by atoms with Gasteiger partial charge in [-0.15, -0.1) is 0 Å². The lowest BCUT2D eigenvalue weighted by Gasteiger charge is -2.34. The van der Waals surface area contributed by atoms with E-state index in [9.17, 15) is 15.1 Å². The molecule has 2 amide bonds. The normalized spacial score (nSPS) is 17.5. The summed E-state index contributed by atoms with van der Waals surface area (Å²) in [6.45, 7) is 3.68. The number of hydrazone groups is 1. The molecule has 1 atom stereocenters. The van der Waals surface area contributed by atoms with E-state index in [-0.39, 0.29) is 10.8 Å².